The van der Waals surface area contributed by atoms with Crippen molar-refractivity contribution in [1.29, 1.82) is 0 Å². The fourth-order valence-electron chi connectivity index (χ4n) is 12.0. The quantitative estimate of drug-likeness (QED) is 0.178. The predicted molar refractivity (Wildman–Crippen MR) is 245 cm³/mol. The van der Waals surface area contributed by atoms with Crippen LogP contribution in [0.1, 0.15) is 106 Å². The number of carbonyl (C=O) groups is 3. The minimum Gasteiger partial charge on any atom is -0.373 e. The van der Waals surface area contributed by atoms with Crippen LogP contribution in [0.4, 0.5) is 0 Å². The Kier molecular flexibility index (Phi) is 16.4. The number of fused-ring (bicyclic) bond motifs is 3. The summed E-state index contributed by atoms with van der Waals surface area (Å²) in [5.74, 6) is 3.21. The zero-order valence-electron chi connectivity index (χ0n) is 37.6. The zero-order valence-corrected chi connectivity index (χ0v) is 39.9. The summed E-state index contributed by atoms with van der Waals surface area (Å²) in [6, 6.07) is 0. The van der Waals surface area contributed by atoms with Gasteiger partial charge in [-0.3, -0.25) is 14.4 Å². The van der Waals surface area contributed by atoms with Gasteiger partial charge in [-0.1, -0.05) is 130 Å². The van der Waals surface area contributed by atoms with Crippen molar-refractivity contribution >= 4 is 44.9 Å². The van der Waals surface area contributed by atoms with Crippen LogP contribution in [0.5, 0.6) is 0 Å². The summed E-state index contributed by atoms with van der Waals surface area (Å²) < 4.78 is 16.6. The van der Waals surface area contributed by atoms with Gasteiger partial charge in [-0.2, -0.15) is 0 Å². The van der Waals surface area contributed by atoms with Crippen molar-refractivity contribution in [2.24, 2.45) is 69.5 Å². The Morgan fingerprint density at radius 2 is 1.08 bits per heavy atom. The van der Waals surface area contributed by atoms with E-state index in [0.717, 1.165) is 61.4 Å². The maximum Gasteiger partial charge on any atom is 0.169 e. The maximum absolute atomic E-state index is 13.0. The summed E-state index contributed by atoms with van der Waals surface area (Å²) in [6.45, 7) is 21.8. The molecule has 0 heterocycles. The van der Waals surface area contributed by atoms with Gasteiger partial charge in [0.2, 0.25) is 0 Å². The van der Waals surface area contributed by atoms with Crippen LogP contribution < -0.4 is 0 Å². The van der Waals surface area contributed by atoms with Gasteiger partial charge < -0.3 is 14.2 Å². The molecule has 0 spiro atoms. The van der Waals surface area contributed by atoms with Crippen LogP contribution in [0, 0.1) is 69.5 Å². The summed E-state index contributed by atoms with van der Waals surface area (Å²) in [6.07, 6.45) is 25.3. The molecule has 0 aromatic rings. The number of hydrogen-bond donors (Lipinski definition) is 0. The van der Waals surface area contributed by atoms with E-state index < -0.39 is 0 Å². The molecule has 0 radical (unpaired) electrons. The minimum absolute atomic E-state index is 0.000525. The second-order valence-corrected chi connectivity index (χ2v) is 20.7. The van der Waals surface area contributed by atoms with E-state index in [-0.39, 0.29) is 75.7 Å². The van der Waals surface area contributed by atoms with Gasteiger partial charge >= 0.3 is 0 Å². The lowest BCUT2D eigenvalue weighted by atomic mass is 9.53. The summed E-state index contributed by atoms with van der Waals surface area (Å²) in [5.41, 5.74) is 3.62. The highest BCUT2D eigenvalue weighted by molar-refractivity contribution is 9.09. The molecule has 15 unspecified atom stereocenters. The minimum atomic E-state index is -0.390. The van der Waals surface area contributed by atoms with Crippen molar-refractivity contribution in [3.8, 4) is 0 Å². The highest BCUT2D eigenvalue weighted by atomic mass is 79.9. The molecule has 7 aliphatic carbocycles. The van der Waals surface area contributed by atoms with Crippen LogP contribution in [0.2, 0.25) is 0 Å². The van der Waals surface area contributed by atoms with E-state index in [2.05, 4.69) is 113 Å². The van der Waals surface area contributed by atoms with E-state index in [4.69, 9.17) is 25.8 Å². The third kappa shape index (κ3) is 9.27. The molecule has 15 atom stereocenters. The van der Waals surface area contributed by atoms with Crippen molar-refractivity contribution in [2.75, 3.05) is 32.5 Å². The van der Waals surface area contributed by atoms with Gasteiger partial charge in [0.1, 0.15) is 18.3 Å². The van der Waals surface area contributed by atoms with Gasteiger partial charge in [-0.15, -0.1) is 11.6 Å². The molecule has 328 valence electrons. The number of hydrogen-bond acceptors (Lipinski definition) is 6. The summed E-state index contributed by atoms with van der Waals surface area (Å²) >= 11 is 9.40. The molecule has 0 amide bonds. The molecule has 59 heavy (non-hydrogen) atoms. The number of methoxy groups -OCH3 is 3. The van der Waals surface area contributed by atoms with E-state index in [9.17, 15) is 14.4 Å². The molecule has 0 aromatic heterocycles. The van der Waals surface area contributed by atoms with Gasteiger partial charge in [-0.05, 0) is 98.2 Å². The fourth-order valence-corrected chi connectivity index (χ4v) is 12.7. The fraction of sp³-hybridized carbons (Fsp3) is 0.706. The number of rotatable bonds is 8. The molecule has 7 aliphatic rings. The number of carbonyl (C=O) groups excluding carboxylic acids is 3. The first-order chi connectivity index (χ1) is 28.0. The first kappa shape index (κ1) is 48.1. The van der Waals surface area contributed by atoms with Gasteiger partial charge in [0.25, 0.3) is 0 Å². The highest BCUT2D eigenvalue weighted by Crippen LogP contribution is 2.56. The molecular formula is C51H74BrClO6. The average molecular weight is 899 g/mol. The van der Waals surface area contributed by atoms with Crippen molar-refractivity contribution < 1.29 is 28.6 Å². The van der Waals surface area contributed by atoms with Gasteiger partial charge in [0.15, 0.2) is 17.3 Å². The monoisotopic (exact) mass is 896 g/mol. The number of alkyl halides is 2. The smallest absolute Gasteiger partial charge is 0.169 e. The van der Waals surface area contributed by atoms with Crippen LogP contribution in [-0.4, -0.2) is 68.2 Å². The highest BCUT2D eigenvalue weighted by Gasteiger charge is 2.55. The normalized spacial score (nSPS) is 42.5. The molecule has 3 saturated carbocycles. The first-order valence-corrected chi connectivity index (χ1v) is 24.0. The molecule has 0 bridgehead atoms. The lowest BCUT2D eigenvalue weighted by Crippen LogP contribution is -2.53. The number of Topliss-reactive ketones (excluding diaryl/α,β-unsaturated/α-hetero) is 3. The third-order valence-electron chi connectivity index (χ3n) is 16.8. The third-order valence-corrected chi connectivity index (χ3v) is 17.8. The summed E-state index contributed by atoms with van der Waals surface area (Å²) in [4.78, 5) is 38.4. The van der Waals surface area contributed by atoms with E-state index in [1.165, 1.54) is 24.8 Å². The number of allylic oxidation sites excluding steroid dienone is 7. The van der Waals surface area contributed by atoms with Crippen LogP contribution >= 0.6 is 27.5 Å². The molecule has 3 fully saturated rings. The lowest BCUT2D eigenvalue weighted by Gasteiger charge is -2.51. The zero-order chi connectivity index (χ0) is 43.4. The number of ketones is 3. The molecule has 0 aliphatic heterocycles. The summed E-state index contributed by atoms with van der Waals surface area (Å²) in [5, 5.41) is 0.732. The molecule has 0 N–H and O–H groups in total. The SMILES string of the molecule is C=C(CBr)C1CC2(C)C(C)CC=CC2C(=O)C1OC.C=C(CCl)C1CC2(C)C(C)CC=CC2C(=O)C1OC.COC1C(=O)C2C=CCC(C)C2(C)CC1C1=CCCCC1. The average Bonchev–Trinajstić information content (AvgIpc) is 3.23. The summed E-state index contributed by atoms with van der Waals surface area (Å²) in [7, 11) is 4.95. The Morgan fingerprint density at radius 3 is 1.46 bits per heavy atom. The van der Waals surface area contributed by atoms with Crippen LogP contribution in [-0.2, 0) is 28.6 Å². The number of halogens is 2. The second kappa shape index (κ2) is 20.1. The van der Waals surface area contributed by atoms with Crippen molar-refractivity contribution in [3.05, 3.63) is 72.4 Å². The number of ether oxygens (including phenoxy) is 3. The van der Waals surface area contributed by atoms with Gasteiger partial charge in [0.05, 0.1) is 0 Å². The standard InChI is InChI=1S/C19H28O2.C16H23BrO2.C16H23ClO2/c1-13-8-7-11-16-17(20)18(21-3)15(12-19(13,16)2)14-9-5-4-6-10-14;2*1-10(9-17)12-8-16(3)11(2)6-5-7-13(16)14(18)15(12)19-4/h7,9,11,13,15-16,18H,4-6,8,10,12H2,1-3H3;2*5,7,11-13,15H,1,6,8-9H2,2-4H3. The van der Waals surface area contributed by atoms with E-state index in [1.54, 1.807) is 21.3 Å². The Labute approximate surface area is 370 Å². The molecule has 8 heteroatoms. The van der Waals surface area contributed by atoms with Crippen molar-refractivity contribution in [1.82, 2.24) is 0 Å². The molecule has 7 rings (SSSR count). The van der Waals surface area contributed by atoms with E-state index >= 15 is 0 Å². The Morgan fingerprint density at radius 1 is 0.678 bits per heavy atom. The molecule has 0 aromatic carbocycles. The lowest BCUT2D eigenvalue weighted by molar-refractivity contribution is -0.148. The van der Waals surface area contributed by atoms with Crippen molar-refractivity contribution in [3.63, 3.8) is 0 Å². The molecule has 0 saturated heterocycles. The van der Waals surface area contributed by atoms with Crippen LogP contribution in [0.25, 0.3) is 0 Å². The second-order valence-electron chi connectivity index (χ2n) is 19.9. The van der Waals surface area contributed by atoms with Gasteiger partial charge in [-0.25, -0.2) is 0 Å². The topological polar surface area (TPSA) is 78.9 Å². The molecule has 6 nitrogen and oxygen atoms in total. The van der Waals surface area contributed by atoms with Gasteiger partial charge in [0, 0.05) is 68.0 Å². The molecular weight excluding hydrogens is 824 g/mol. The Hall–Kier alpha value is -1.90. The van der Waals surface area contributed by atoms with E-state index in [1.807, 2.05) is 0 Å². The van der Waals surface area contributed by atoms with E-state index in [0.29, 0.717) is 35.3 Å². The van der Waals surface area contributed by atoms with Crippen molar-refractivity contribution in [2.45, 2.75) is 124 Å². The predicted octanol–water partition coefficient (Wildman–Crippen LogP) is 11.7. The Balaban J connectivity index is 0.000000169. The van der Waals surface area contributed by atoms with Crippen LogP contribution in [0.15, 0.2) is 72.4 Å². The van der Waals surface area contributed by atoms with Crippen LogP contribution in [0.3, 0.4) is 0 Å². The largest absolute Gasteiger partial charge is 0.373 e. The first-order valence-electron chi connectivity index (χ1n) is 22.3. The maximum atomic E-state index is 13.0. The Bertz CT molecular complexity index is 1620.